The van der Waals surface area contributed by atoms with Crippen LogP contribution in [-0.2, 0) is 16.1 Å². The highest BCUT2D eigenvalue weighted by molar-refractivity contribution is 7.99. The highest BCUT2D eigenvalue weighted by Crippen LogP contribution is 2.32. The molecule has 2 aromatic carbocycles. The Morgan fingerprint density at radius 1 is 1.12 bits per heavy atom. The maximum atomic E-state index is 12.4. The number of nitrogens with zero attached hydrogens (tertiary/aromatic N) is 2. The molecule has 0 atom stereocenters. The molecule has 0 aliphatic heterocycles. The van der Waals surface area contributed by atoms with Crippen LogP contribution in [0.25, 0.3) is 11.4 Å². The van der Waals surface area contributed by atoms with Crippen molar-refractivity contribution in [3.8, 4) is 22.9 Å². The summed E-state index contributed by atoms with van der Waals surface area (Å²) in [5.41, 5.74) is 2.90. The number of carbonyl (C=O) groups excluding carboxylic acids is 1. The summed E-state index contributed by atoms with van der Waals surface area (Å²) in [6.07, 6.45) is 0.237. The maximum Gasteiger partial charge on any atom is 0.387 e. The third-order valence-electron chi connectivity index (χ3n) is 4.52. The lowest BCUT2D eigenvalue weighted by Crippen LogP contribution is -2.05. The maximum absolute atomic E-state index is 12.4. The number of aromatic nitrogens is 2. The number of ether oxygens (including phenoxy) is 3. The summed E-state index contributed by atoms with van der Waals surface area (Å²) in [4.78, 5) is 17.3. The number of alkyl halides is 2. The van der Waals surface area contributed by atoms with Gasteiger partial charge in [-0.1, -0.05) is 11.2 Å². The fourth-order valence-electron chi connectivity index (χ4n) is 2.70. The molecule has 3 aromatic rings. The van der Waals surface area contributed by atoms with E-state index in [4.69, 9.17) is 14.0 Å². The summed E-state index contributed by atoms with van der Waals surface area (Å²) in [6.45, 7) is 0.968. The molecule has 1 heterocycles. The number of thioether (sulfide) groups is 1. The molecule has 10 heteroatoms. The van der Waals surface area contributed by atoms with E-state index in [0.29, 0.717) is 11.3 Å². The highest BCUT2D eigenvalue weighted by atomic mass is 32.2. The lowest BCUT2D eigenvalue weighted by Gasteiger charge is -2.10. The van der Waals surface area contributed by atoms with Crippen LogP contribution < -0.4 is 9.47 Å². The predicted molar refractivity (Wildman–Crippen MR) is 114 cm³/mol. The lowest BCUT2D eigenvalue weighted by atomic mass is 10.1. The van der Waals surface area contributed by atoms with Crippen molar-refractivity contribution in [1.29, 1.82) is 0 Å². The Hall–Kier alpha value is -3.14. The summed E-state index contributed by atoms with van der Waals surface area (Å²) in [5, 5.41) is 3.82. The number of methoxy groups -OCH3 is 1. The first-order chi connectivity index (χ1) is 15.4. The van der Waals surface area contributed by atoms with Crippen molar-refractivity contribution in [3.63, 3.8) is 0 Å². The van der Waals surface area contributed by atoms with Crippen molar-refractivity contribution in [2.24, 2.45) is 0 Å². The van der Waals surface area contributed by atoms with Gasteiger partial charge in [0.15, 0.2) is 18.1 Å². The monoisotopic (exact) mass is 464 g/mol. The van der Waals surface area contributed by atoms with Crippen molar-refractivity contribution in [3.05, 3.63) is 53.4 Å². The minimum absolute atomic E-state index is 0.0989. The quantitative estimate of drug-likeness (QED) is 0.299. The van der Waals surface area contributed by atoms with Gasteiger partial charge in [0.05, 0.1) is 13.5 Å². The zero-order valence-corrected chi connectivity index (χ0v) is 18.6. The Morgan fingerprint density at radius 3 is 2.66 bits per heavy atom. The summed E-state index contributed by atoms with van der Waals surface area (Å²) < 4.78 is 44.6. The molecule has 0 amide bonds. The summed E-state index contributed by atoms with van der Waals surface area (Å²) in [7, 11) is 1.33. The predicted octanol–water partition coefficient (Wildman–Crippen LogP) is 5.19. The van der Waals surface area contributed by atoms with Crippen molar-refractivity contribution >= 4 is 17.7 Å². The molecular weight excluding hydrogens is 442 g/mol. The molecule has 0 spiro atoms. The topological polar surface area (TPSA) is 83.7 Å². The number of hydrogen-bond donors (Lipinski definition) is 0. The Kier molecular flexibility index (Phi) is 8.04. The SMILES string of the molecule is COc1cc(-c2noc(COC(=O)CCSc3ccc(C)c(C)c3)n2)ccc1OC(F)F. The van der Waals surface area contributed by atoms with E-state index in [2.05, 4.69) is 33.9 Å². The normalized spacial score (nSPS) is 10.9. The Morgan fingerprint density at radius 2 is 1.94 bits per heavy atom. The van der Waals surface area contributed by atoms with Gasteiger partial charge in [-0.2, -0.15) is 13.8 Å². The minimum Gasteiger partial charge on any atom is -0.493 e. The molecule has 0 unspecified atom stereocenters. The van der Waals surface area contributed by atoms with Gasteiger partial charge in [-0.3, -0.25) is 4.79 Å². The Labute approximate surface area is 188 Å². The molecule has 0 N–H and O–H groups in total. The van der Waals surface area contributed by atoms with E-state index in [9.17, 15) is 13.6 Å². The van der Waals surface area contributed by atoms with Gasteiger partial charge in [-0.05, 0) is 55.3 Å². The van der Waals surface area contributed by atoms with E-state index >= 15 is 0 Å². The number of halogens is 2. The van der Waals surface area contributed by atoms with Crippen LogP contribution in [0.4, 0.5) is 8.78 Å². The van der Waals surface area contributed by atoms with Gasteiger partial charge in [-0.25, -0.2) is 0 Å². The molecule has 0 saturated carbocycles. The van der Waals surface area contributed by atoms with E-state index in [1.54, 1.807) is 11.8 Å². The molecule has 170 valence electrons. The van der Waals surface area contributed by atoms with Gasteiger partial charge in [-0.15, -0.1) is 11.8 Å². The van der Waals surface area contributed by atoms with Crippen LogP contribution in [0.5, 0.6) is 11.5 Å². The van der Waals surface area contributed by atoms with E-state index in [1.807, 2.05) is 13.0 Å². The van der Waals surface area contributed by atoms with Crippen LogP contribution in [-0.4, -0.2) is 35.6 Å². The van der Waals surface area contributed by atoms with Crippen LogP contribution in [0.1, 0.15) is 23.4 Å². The molecule has 0 radical (unpaired) electrons. The fourth-order valence-corrected chi connectivity index (χ4v) is 3.63. The second-order valence-electron chi connectivity index (χ2n) is 6.76. The molecule has 7 nitrogen and oxygen atoms in total. The van der Waals surface area contributed by atoms with Crippen LogP contribution in [0.2, 0.25) is 0 Å². The van der Waals surface area contributed by atoms with Crippen LogP contribution in [0.3, 0.4) is 0 Å². The van der Waals surface area contributed by atoms with Crippen LogP contribution in [0, 0.1) is 13.8 Å². The third kappa shape index (κ3) is 6.43. The minimum atomic E-state index is -2.97. The number of hydrogen-bond acceptors (Lipinski definition) is 8. The van der Waals surface area contributed by atoms with E-state index in [-0.39, 0.29) is 42.2 Å². The molecule has 32 heavy (non-hydrogen) atoms. The molecule has 0 fully saturated rings. The van der Waals surface area contributed by atoms with Gasteiger partial charge in [0.2, 0.25) is 5.82 Å². The van der Waals surface area contributed by atoms with Gasteiger partial charge in [0.1, 0.15) is 0 Å². The second-order valence-corrected chi connectivity index (χ2v) is 7.93. The Balaban J connectivity index is 1.50. The lowest BCUT2D eigenvalue weighted by molar-refractivity contribution is -0.145. The zero-order valence-electron chi connectivity index (χ0n) is 17.8. The molecule has 0 aliphatic rings. The molecule has 3 rings (SSSR count). The van der Waals surface area contributed by atoms with Gasteiger partial charge in [0.25, 0.3) is 5.89 Å². The molecule has 0 saturated heterocycles. The van der Waals surface area contributed by atoms with Crippen molar-refractivity contribution < 1.29 is 32.3 Å². The molecule has 1 aromatic heterocycles. The van der Waals surface area contributed by atoms with E-state index in [1.165, 1.54) is 36.4 Å². The summed E-state index contributed by atoms with van der Waals surface area (Å²) in [5.74, 6) is 0.509. The fraction of sp³-hybridized carbons (Fsp3) is 0.318. The average Bonchev–Trinajstić information content (AvgIpc) is 3.24. The molecule has 0 bridgehead atoms. The first-order valence-corrected chi connectivity index (χ1v) is 10.7. The Bertz CT molecular complexity index is 1070. The van der Waals surface area contributed by atoms with Gasteiger partial charge < -0.3 is 18.7 Å². The first-order valence-electron chi connectivity index (χ1n) is 9.67. The van der Waals surface area contributed by atoms with Crippen molar-refractivity contribution in [2.45, 2.75) is 38.4 Å². The van der Waals surface area contributed by atoms with Crippen LogP contribution in [0.15, 0.2) is 45.8 Å². The van der Waals surface area contributed by atoms with Gasteiger partial charge >= 0.3 is 12.6 Å². The van der Waals surface area contributed by atoms with Crippen LogP contribution >= 0.6 is 11.8 Å². The molecule has 0 aliphatic carbocycles. The number of aryl methyl sites for hydroxylation is 2. The van der Waals surface area contributed by atoms with E-state index in [0.717, 1.165) is 4.90 Å². The largest absolute Gasteiger partial charge is 0.493 e. The van der Waals surface area contributed by atoms with Crippen molar-refractivity contribution in [1.82, 2.24) is 10.1 Å². The first kappa shape index (κ1) is 23.5. The number of carbonyl (C=O) groups is 1. The van der Waals surface area contributed by atoms with Gasteiger partial charge in [0, 0.05) is 16.2 Å². The number of rotatable bonds is 10. The summed E-state index contributed by atoms with van der Waals surface area (Å²) >= 11 is 1.58. The summed E-state index contributed by atoms with van der Waals surface area (Å²) in [6, 6.07) is 10.4. The average molecular weight is 464 g/mol. The third-order valence-corrected chi connectivity index (χ3v) is 5.51. The van der Waals surface area contributed by atoms with E-state index < -0.39 is 6.61 Å². The molecular formula is C22H22F2N2O5S. The van der Waals surface area contributed by atoms with Crippen molar-refractivity contribution in [2.75, 3.05) is 12.9 Å². The standard InChI is InChI=1S/C22H22F2N2O5S/c1-13-4-6-16(10-14(13)2)32-9-8-20(27)29-12-19-25-21(26-31-19)15-5-7-17(30-22(23)24)18(11-15)28-3/h4-7,10-11,22H,8-9,12H2,1-3H3. The number of esters is 1. The second kappa shape index (κ2) is 10.9. The highest BCUT2D eigenvalue weighted by Gasteiger charge is 2.15. The zero-order chi connectivity index (χ0) is 23.1. The smallest absolute Gasteiger partial charge is 0.387 e. The number of benzene rings is 2.